The van der Waals surface area contributed by atoms with E-state index in [1.807, 2.05) is 12.1 Å². The zero-order valence-electron chi connectivity index (χ0n) is 10.8. The van der Waals surface area contributed by atoms with Crippen molar-refractivity contribution in [1.29, 1.82) is 0 Å². The first-order chi connectivity index (χ1) is 8.67. The highest BCUT2D eigenvalue weighted by Gasteiger charge is 2.10. The molecule has 0 bridgehead atoms. The molecule has 1 aromatic carbocycles. The van der Waals surface area contributed by atoms with Crippen LogP contribution in [-0.2, 0) is 4.79 Å². The van der Waals surface area contributed by atoms with Crippen molar-refractivity contribution >= 4 is 23.2 Å². The van der Waals surface area contributed by atoms with Crippen molar-refractivity contribution in [3.63, 3.8) is 0 Å². The second-order valence-electron chi connectivity index (χ2n) is 4.42. The molecule has 0 aliphatic heterocycles. The second-order valence-corrected chi connectivity index (χ2v) is 4.83. The molecule has 0 saturated heterocycles. The number of carbonyl (C=O) groups excluding carboxylic acids is 1. The Balaban J connectivity index is 2.40. The maximum Gasteiger partial charge on any atom is 0.224 e. The van der Waals surface area contributed by atoms with Crippen LogP contribution < -0.4 is 11.1 Å². The van der Waals surface area contributed by atoms with Crippen LogP contribution in [0.5, 0.6) is 0 Å². The van der Waals surface area contributed by atoms with Crippen LogP contribution in [0.4, 0.5) is 5.69 Å². The zero-order valence-corrected chi connectivity index (χ0v) is 11.5. The van der Waals surface area contributed by atoms with Gasteiger partial charge in [-0.25, -0.2) is 0 Å². The number of hydrogen-bond acceptors (Lipinski definition) is 2. The lowest BCUT2D eigenvalue weighted by Gasteiger charge is -2.13. The fraction of sp³-hybridized carbons (Fsp3) is 0.500. The average Bonchev–Trinajstić information content (AvgIpc) is 2.37. The maximum absolute atomic E-state index is 11.8. The predicted octanol–water partition coefficient (Wildman–Crippen LogP) is 3.43. The molecule has 0 heterocycles. The zero-order chi connectivity index (χ0) is 13.4. The van der Waals surface area contributed by atoms with Crippen LogP contribution in [0.15, 0.2) is 24.3 Å². The summed E-state index contributed by atoms with van der Waals surface area (Å²) in [6.45, 7) is 2.82. The lowest BCUT2D eigenvalue weighted by atomic mass is 9.96. The lowest BCUT2D eigenvalue weighted by Crippen LogP contribution is -2.15. The SMILES string of the molecule is CCC(CCN)CCC(=O)Nc1ccccc1Cl. The second kappa shape index (κ2) is 8.11. The first kappa shape index (κ1) is 15.0. The number of para-hydroxylation sites is 1. The molecular weight excluding hydrogens is 248 g/mol. The summed E-state index contributed by atoms with van der Waals surface area (Å²) in [5, 5.41) is 3.40. The van der Waals surface area contributed by atoms with Crippen molar-refractivity contribution < 1.29 is 4.79 Å². The van der Waals surface area contributed by atoms with Gasteiger partial charge in [0.15, 0.2) is 0 Å². The topological polar surface area (TPSA) is 55.1 Å². The molecule has 0 radical (unpaired) electrons. The molecule has 0 aliphatic carbocycles. The van der Waals surface area contributed by atoms with Gasteiger partial charge in [0.1, 0.15) is 0 Å². The largest absolute Gasteiger partial charge is 0.330 e. The van der Waals surface area contributed by atoms with E-state index in [0.717, 1.165) is 19.3 Å². The highest BCUT2D eigenvalue weighted by molar-refractivity contribution is 6.33. The number of rotatable bonds is 7. The Morgan fingerprint density at radius 2 is 2.11 bits per heavy atom. The third-order valence-corrected chi connectivity index (χ3v) is 3.41. The van der Waals surface area contributed by atoms with E-state index < -0.39 is 0 Å². The van der Waals surface area contributed by atoms with E-state index in [0.29, 0.717) is 29.6 Å². The Hall–Kier alpha value is -1.06. The summed E-state index contributed by atoms with van der Waals surface area (Å²) in [6, 6.07) is 7.26. The van der Waals surface area contributed by atoms with Crippen LogP contribution in [0, 0.1) is 5.92 Å². The minimum atomic E-state index is 0.0126. The van der Waals surface area contributed by atoms with E-state index in [-0.39, 0.29) is 5.91 Å². The fourth-order valence-corrected chi connectivity index (χ4v) is 2.08. The number of anilines is 1. The van der Waals surface area contributed by atoms with E-state index in [1.54, 1.807) is 12.1 Å². The molecule has 0 aromatic heterocycles. The normalized spacial score (nSPS) is 12.2. The molecule has 1 rings (SSSR count). The van der Waals surface area contributed by atoms with E-state index in [9.17, 15) is 4.79 Å². The average molecular weight is 269 g/mol. The van der Waals surface area contributed by atoms with Crippen LogP contribution in [-0.4, -0.2) is 12.5 Å². The quantitative estimate of drug-likeness (QED) is 0.796. The van der Waals surface area contributed by atoms with Gasteiger partial charge in [0.2, 0.25) is 5.91 Å². The number of amides is 1. The van der Waals surface area contributed by atoms with Crippen LogP contribution in [0.3, 0.4) is 0 Å². The number of carbonyl (C=O) groups is 1. The summed E-state index contributed by atoms with van der Waals surface area (Å²) in [5.74, 6) is 0.547. The molecule has 1 atom stereocenters. The van der Waals surface area contributed by atoms with Crippen LogP contribution in [0.1, 0.15) is 32.6 Å². The minimum absolute atomic E-state index is 0.0126. The molecule has 3 N–H and O–H groups in total. The number of nitrogens with two attached hydrogens (primary N) is 1. The molecule has 100 valence electrons. The number of nitrogens with one attached hydrogen (secondary N) is 1. The lowest BCUT2D eigenvalue weighted by molar-refractivity contribution is -0.116. The van der Waals surface area contributed by atoms with Crippen molar-refractivity contribution in [1.82, 2.24) is 0 Å². The predicted molar refractivity (Wildman–Crippen MR) is 76.8 cm³/mol. The fourth-order valence-electron chi connectivity index (χ4n) is 1.90. The molecule has 18 heavy (non-hydrogen) atoms. The third kappa shape index (κ3) is 5.07. The molecule has 0 saturated carbocycles. The summed E-state index contributed by atoms with van der Waals surface area (Å²) in [6.07, 6.45) is 3.44. The molecule has 0 aliphatic rings. The van der Waals surface area contributed by atoms with Gasteiger partial charge in [-0.15, -0.1) is 0 Å². The van der Waals surface area contributed by atoms with Crippen molar-refractivity contribution in [3.05, 3.63) is 29.3 Å². The summed E-state index contributed by atoms with van der Waals surface area (Å²) in [5.41, 5.74) is 6.21. The van der Waals surface area contributed by atoms with Gasteiger partial charge >= 0.3 is 0 Å². The van der Waals surface area contributed by atoms with Crippen molar-refractivity contribution in [2.75, 3.05) is 11.9 Å². The summed E-state index contributed by atoms with van der Waals surface area (Å²) in [7, 11) is 0. The highest BCUT2D eigenvalue weighted by atomic mass is 35.5. The number of halogens is 1. The van der Waals surface area contributed by atoms with Crippen LogP contribution in [0.25, 0.3) is 0 Å². The molecule has 0 spiro atoms. The number of benzene rings is 1. The molecule has 1 unspecified atom stereocenters. The monoisotopic (exact) mass is 268 g/mol. The van der Waals surface area contributed by atoms with Gasteiger partial charge in [-0.05, 0) is 37.4 Å². The van der Waals surface area contributed by atoms with Crippen molar-refractivity contribution in [2.45, 2.75) is 32.6 Å². The first-order valence-corrected chi connectivity index (χ1v) is 6.79. The first-order valence-electron chi connectivity index (χ1n) is 6.41. The van der Waals surface area contributed by atoms with Crippen molar-refractivity contribution in [2.24, 2.45) is 11.7 Å². The Labute approximate surface area is 114 Å². The molecule has 1 amide bonds. The van der Waals surface area contributed by atoms with Crippen molar-refractivity contribution in [3.8, 4) is 0 Å². The summed E-state index contributed by atoms with van der Waals surface area (Å²) >= 11 is 5.98. The smallest absolute Gasteiger partial charge is 0.224 e. The number of hydrogen-bond donors (Lipinski definition) is 2. The van der Waals surface area contributed by atoms with E-state index in [4.69, 9.17) is 17.3 Å². The van der Waals surface area contributed by atoms with Gasteiger partial charge in [0.25, 0.3) is 0 Å². The minimum Gasteiger partial charge on any atom is -0.330 e. The molecule has 3 nitrogen and oxygen atoms in total. The summed E-state index contributed by atoms with van der Waals surface area (Å²) < 4.78 is 0. The van der Waals surface area contributed by atoms with Crippen LogP contribution in [0.2, 0.25) is 5.02 Å². The molecule has 0 fully saturated rings. The van der Waals surface area contributed by atoms with E-state index in [1.165, 1.54) is 0 Å². The van der Waals surface area contributed by atoms with Gasteiger partial charge in [-0.2, -0.15) is 0 Å². The Kier molecular flexibility index (Phi) is 6.76. The van der Waals surface area contributed by atoms with E-state index in [2.05, 4.69) is 12.2 Å². The molecule has 1 aromatic rings. The highest BCUT2D eigenvalue weighted by Crippen LogP contribution is 2.21. The van der Waals surface area contributed by atoms with E-state index >= 15 is 0 Å². The molecule has 4 heteroatoms. The van der Waals surface area contributed by atoms with Gasteiger partial charge in [-0.1, -0.05) is 37.1 Å². The van der Waals surface area contributed by atoms with Gasteiger partial charge in [0, 0.05) is 6.42 Å². The maximum atomic E-state index is 11.8. The summed E-state index contributed by atoms with van der Waals surface area (Å²) in [4.78, 5) is 11.8. The Morgan fingerprint density at radius 1 is 1.39 bits per heavy atom. The standard InChI is InChI=1S/C14H21ClN2O/c1-2-11(9-10-16)7-8-14(18)17-13-6-4-3-5-12(13)15/h3-6,11H,2,7-10,16H2,1H3,(H,17,18). The van der Waals surface area contributed by atoms with Crippen LogP contribution >= 0.6 is 11.6 Å². The molecular formula is C14H21ClN2O. The Bertz CT molecular complexity index is 382. The van der Waals surface area contributed by atoms with Gasteiger partial charge in [-0.3, -0.25) is 4.79 Å². The van der Waals surface area contributed by atoms with Gasteiger partial charge < -0.3 is 11.1 Å². The Morgan fingerprint density at radius 3 is 2.72 bits per heavy atom. The third-order valence-electron chi connectivity index (χ3n) is 3.08. The van der Waals surface area contributed by atoms with Gasteiger partial charge in [0.05, 0.1) is 10.7 Å².